The van der Waals surface area contributed by atoms with Gasteiger partial charge in [-0.25, -0.2) is 4.79 Å². The lowest BCUT2D eigenvalue weighted by molar-refractivity contribution is -0.114. The van der Waals surface area contributed by atoms with Crippen LogP contribution in [0.3, 0.4) is 0 Å². The number of carbonyl (C=O) groups is 1. The normalized spacial score (nSPS) is 10.1. The second kappa shape index (κ2) is 4.28. The predicted octanol–water partition coefficient (Wildman–Crippen LogP) is 1.72. The SMILES string of the molecule is CC(=O)Nc1ccccc1-c1nsc(=O)o1. The Hall–Kier alpha value is -1.95. The molecule has 1 aromatic heterocycles. The molecule has 2 aromatic rings. The van der Waals surface area contributed by atoms with Gasteiger partial charge in [0.2, 0.25) is 11.8 Å². The van der Waals surface area contributed by atoms with Gasteiger partial charge in [0.25, 0.3) is 0 Å². The molecule has 0 atom stereocenters. The summed E-state index contributed by atoms with van der Waals surface area (Å²) in [5.74, 6) is 0.0318. The van der Waals surface area contributed by atoms with Gasteiger partial charge in [-0.2, -0.15) is 0 Å². The molecule has 82 valence electrons. The van der Waals surface area contributed by atoms with E-state index in [9.17, 15) is 9.59 Å². The summed E-state index contributed by atoms with van der Waals surface area (Å²) in [5.41, 5.74) is 1.17. The van der Waals surface area contributed by atoms with E-state index in [4.69, 9.17) is 4.42 Å². The Balaban J connectivity index is 2.47. The number of amides is 1. The van der Waals surface area contributed by atoms with Gasteiger partial charge in [0, 0.05) is 6.92 Å². The predicted molar refractivity (Wildman–Crippen MR) is 60.4 cm³/mol. The van der Waals surface area contributed by atoms with Gasteiger partial charge in [0.15, 0.2) is 0 Å². The van der Waals surface area contributed by atoms with Crippen molar-refractivity contribution in [3.05, 3.63) is 34.0 Å². The molecular formula is C10H8N2O3S. The number of para-hydroxylation sites is 1. The number of nitrogens with zero attached hydrogens (tertiary/aromatic N) is 1. The van der Waals surface area contributed by atoms with Gasteiger partial charge in [0.1, 0.15) is 0 Å². The van der Waals surface area contributed by atoms with Crippen LogP contribution in [0.2, 0.25) is 0 Å². The van der Waals surface area contributed by atoms with Gasteiger partial charge >= 0.3 is 4.94 Å². The molecule has 16 heavy (non-hydrogen) atoms. The van der Waals surface area contributed by atoms with Crippen LogP contribution in [0.5, 0.6) is 0 Å². The third-order valence-corrected chi connectivity index (χ3v) is 2.34. The molecule has 0 fully saturated rings. The highest BCUT2D eigenvalue weighted by atomic mass is 32.1. The fourth-order valence-corrected chi connectivity index (χ4v) is 1.68. The second-order valence-corrected chi connectivity index (χ2v) is 3.77. The van der Waals surface area contributed by atoms with Crippen molar-refractivity contribution >= 4 is 23.1 Å². The molecular weight excluding hydrogens is 228 g/mol. The average Bonchev–Trinajstić information content (AvgIpc) is 2.65. The van der Waals surface area contributed by atoms with Gasteiger partial charge in [-0.15, -0.1) is 4.37 Å². The van der Waals surface area contributed by atoms with Crippen LogP contribution in [0.1, 0.15) is 6.92 Å². The van der Waals surface area contributed by atoms with Gasteiger partial charge in [-0.05, 0) is 12.1 Å². The van der Waals surface area contributed by atoms with Crippen LogP contribution in [0, 0.1) is 0 Å². The third-order valence-electron chi connectivity index (χ3n) is 1.85. The number of hydrogen-bond donors (Lipinski definition) is 1. The van der Waals surface area contributed by atoms with Crippen molar-refractivity contribution in [1.82, 2.24) is 4.37 Å². The molecule has 5 nitrogen and oxygen atoms in total. The molecule has 0 unspecified atom stereocenters. The molecule has 0 saturated heterocycles. The highest BCUT2D eigenvalue weighted by Crippen LogP contribution is 2.25. The lowest BCUT2D eigenvalue weighted by atomic mass is 10.2. The maximum absolute atomic E-state index is 11.0. The van der Waals surface area contributed by atoms with Crippen molar-refractivity contribution < 1.29 is 9.21 Å². The Morgan fingerprint density at radius 2 is 2.19 bits per heavy atom. The van der Waals surface area contributed by atoms with Gasteiger partial charge in [0.05, 0.1) is 22.8 Å². The smallest absolute Gasteiger partial charge is 0.394 e. The maximum atomic E-state index is 11.0. The van der Waals surface area contributed by atoms with Crippen LogP contribution in [-0.4, -0.2) is 10.3 Å². The topological polar surface area (TPSA) is 72.2 Å². The Bertz CT molecular complexity index is 573. The van der Waals surface area contributed by atoms with E-state index in [2.05, 4.69) is 9.69 Å². The van der Waals surface area contributed by atoms with Crippen molar-refractivity contribution in [3.63, 3.8) is 0 Å². The summed E-state index contributed by atoms with van der Waals surface area (Å²) in [6.07, 6.45) is 0. The molecule has 1 amide bonds. The second-order valence-electron chi connectivity index (χ2n) is 3.07. The van der Waals surface area contributed by atoms with E-state index in [-0.39, 0.29) is 11.8 Å². The average molecular weight is 236 g/mol. The number of aromatic nitrogens is 1. The van der Waals surface area contributed by atoms with Crippen LogP contribution in [0.25, 0.3) is 11.5 Å². The summed E-state index contributed by atoms with van der Waals surface area (Å²) in [6, 6.07) is 7.00. The number of nitrogens with one attached hydrogen (secondary N) is 1. The Labute approximate surface area is 94.9 Å². The molecule has 0 radical (unpaired) electrons. The first kappa shape index (κ1) is 10.6. The molecule has 2 rings (SSSR count). The molecule has 0 aliphatic rings. The number of benzene rings is 1. The molecule has 1 N–H and O–H groups in total. The molecule has 1 aromatic carbocycles. The highest BCUT2D eigenvalue weighted by Gasteiger charge is 2.11. The highest BCUT2D eigenvalue weighted by molar-refractivity contribution is 7.02. The monoisotopic (exact) mass is 236 g/mol. The Kier molecular flexibility index (Phi) is 2.82. The third kappa shape index (κ3) is 2.17. The zero-order valence-corrected chi connectivity index (χ0v) is 9.21. The van der Waals surface area contributed by atoms with Crippen LogP contribution in [0.4, 0.5) is 5.69 Å². The number of anilines is 1. The summed E-state index contributed by atoms with van der Waals surface area (Å²) >= 11 is 0.742. The molecule has 0 saturated carbocycles. The Morgan fingerprint density at radius 3 is 2.81 bits per heavy atom. The molecule has 0 bridgehead atoms. The van der Waals surface area contributed by atoms with Crippen LogP contribution in [-0.2, 0) is 4.79 Å². The molecule has 1 heterocycles. The summed E-state index contributed by atoms with van der Waals surface area (Å²) < 4.78 is 8.76. The van der Waals surface area contributed by atoms with Gasteiger partial charge in [-0.1, -0.05) is 12.1 Å². The molecule has 0 spiro atoms. The van der Waals surface area contributed by atoms with E-state index >= 15 is 0 Å². The van der Waals surface area contributed by atoms with Crippen molar-refractivity contribution in [3.8, 4) is 11.5 Å². The summed E-state index contributed by atoms with van der Waals surface area (Å²) in [4.78, 5) is 21.4. The standard InChI is InChI=1S/C10H8N2O3S/c1-6(13)11-8-5-3-2-4-7(8)9-12-16-10(14)15-9/h2-5H,1H3,(H,11,13). The minimum atomic E-state index is -0.465. The quantitative estimate of drug-likeness (QED) is 0.861. The van der Waals surface area contributed by atoms with E-state index in [1.165, 1.54) is 6.92 Å². The van der Waals surface area contributed by atoms with Crippen LogP contribution in [0.15, 0.2) is 33.5 Å². The number of hydrogen-bond acceptors (Lipinski definition) is 5. The molecule has 0 aliphatic carbocycles. The number of rotatable bonds is 2. The molecule has 0 aliphatic heterocycles. The van der Waals surface area contributed by atoms with Crippen molar-refractivity contribution in [2.24, 2.45) is 0 Å². The Morgan fingerprint density at radius 1 is 1.44 bits per heavy atom. The van der Waals surface area contributed by atoms with Crippen LogP contribution < -0.4 is 10.3 Å². The van der Waals surface area contributed by atoms with Crippen LogP contribution >= 0.6 is 11.5 Å². The largest absolute Gasteiger partial charge is 0.414 e. The summed E-state index contributed by atoms with van der Waals surface area (Å²) in [6.45, 7) is 1.41. The zero-order valence-electron chi connectivity index (χ0n) is 8.39. The molecule has 6 heteroatoms. The lowest BCUT2D eigenvalue weighted by Crippen LogP contribution is -2.06. The van der Waals surface area contributed by atoms with E-state index in [0.29, 0.717) is 11.3 Å². The van der Waals surface area contributed by atoms with Gasteiger partial charge < -0.3 is 9.73 Å². The van der Waals surface area contributed by atoms with Gasteiger partial charge in [-0.3, -0.25) is 4.79 Å². The number of carbonyl (C=O) groups excluding carboxylic acids is 1. The fraction of sp³-hybridized carbons (Fsp3) is 0.100. The minimum absolute atomic E-state index is 0.190. The fourth-order valence-electron chi connectivity index (χ4n) is 1.27. The summed E-state index contributed by atoms with van der Waals surface area (Å²) in [7, 11) is 0. The van der Waals surface area contributed by atoms with E-state index in [1.54, 1.807) is 24.3 Å². The van der Waals surface area contributed by atoms with Crippen molar-refractivity contribution in [2.75, 3.05) is 5.32 Å². The van der Waals surface area contributed by atoms with Crippen molar-refractivity contribution in [1.29, 1.82) is 0 Å². The summed E-state index contributed by atoms with van der Waals surface area (Å²) in [5, 5.41) is 2.64. The maximum Gasteiger partial charge on any atom is 0.414 e. The minimum Gasteiger partial charge on any atom is -0.394 e. The first-order valence-corrected chi connectivity index (χ1v) is 5.28. The van der Waals surface area contributed by atoms with E-state index < -0.39 is 4.94 Å². The first-order valence-electron chi connectivity index (χ1n) is 4.50. The lowest BCUT2D eigenvalue weighted by Gasteiger charge is -2.05. The first-order chi connectivity index (χ1) is 7.66. The van der Waals surface area contributed by atoms with E-state index in [1.807, 2.05) is 0 Å². The van der Waals surface area contributed by atoms with E-state index in [0.717, 1.165) is 11.5 Å². The van der Waals surface area contributed by atoms with Crippen molar-refractivity contribution in [2.45, 2.75) is 6.92 Å². The zero-order chi connectivity index (χ0) is 11.5.